The topological polar surface area (TPSA) is 17.0 Å². The average Bonchev–Trinajstić information content (AvgIpc) is 2.83. The number of aromatic nitrogens is 1. The quantitative estimate of drug-likeness (QED) is 0.465. The van der Waals surface area contributed by atoms with Crippen LogP contribution >= 0.6 is 23.2 Å². The molecule has 1 heterocycles. The molecule has 1 aromatic heterocycles. The van der Waals surface area contributed by atoms with Gasteiger partial charge >= 0.3 is 0 Å². The van der Waals surface area contributed by atoms with E-state index in [4.69, 9.17) is 23.2 Å². The number of nitrogens with one attached hydrogen (secondary N) is 1. The molecule has 1 N–H and O–H groups in total. The number of halogens is 2. The zero-order chi connectivity index (χ0) is 18.6. The van der Waals surface area contributed by atoms with Gasteiger partial charge in [-0.3, -0.25) is 0 Å². The summed E-state index contributed by atoms with van der Waals surface area (Å²) in [5.41, 5.74) is 3.55. The van der Waals surface area contributed by atoms with Gasteiger partial charge in [0.1, 0.15) is 0 Å². The maximum atomic E-state index is 6.41. The van der Waals surface area contributed by atoms with Crippen LogP contribution in [0.2, 0.25) is 10.0 Å². The van der Waals surface area contributed by atoms with Crippen molar-refractivity contribution in [2.75, 3.05) is 0 Å². The van der Waals surface area contributed by atoms with E-state index in [0.717, 1.165) is 22.2 Å². The molecule has 4 heteroatoms. The highest BCUT2D eigenvalue weighted by Gasteiger charge is 2.15. The Morgan fingerprint density at radius 3 is 2.33 bits per heavy atom. The molecule has 27 heavy (non-hydrogen) atoms. The molecule has 0 bridgehead atoms. The molecule has 0 saturated heterocycles. The van der Waals surface area contributed by atoms with E-state index in [9.17, 15) is 0 Å². The third-order valence-electron chi connectivity index (χ3n) is 5.70. The highest BCUT2D eigenvalue weighted by atomic mass is 35.5. The van der Waals surface area contributed by atoms with Crippen LogP contribution in [0.3, 0.4) is 0 Å². The van der Waals surface area contributed by atoms with Gasteiger partial charge in [0.15, 0.2) is 0 Å². The zero-order valence-electron chi connectivity index (χ0n) is 15.6. The van der Waals surface area contributed by atoms with Gasteiger partial charge in [-0.2, -0.15) is 0 Å². The minimum absolute atomic E-state index is 0.646. The summed E-state index contributed by atoms with van der Waals surface area (Å²) in [6.07, 6.45) is 10.3. The summed E-state index contributed by atoms with van der Waals surface area (Å²) in [5.74, 6) is 0. The molecule has 1 aliphatic rings. The zero-order valence-corrected chi connectivity index (χ0v) is 17.1. The first-order valence-electron chi connectivity index (χ1n) is 9.95. The van der Waals surface area contributed by atoms with Gasteiger partial charge in [-0.25, -0.2) is 0 Å². The van der Waals surface area contributed by atoms with Crippen LogP contribution < -0.4 is 5.32 Å². The fourth-order valence-electron chi connectivity index (χ4n) is 4.19. The lowest BCUT2D eigenvalue weighted by Crippen LogP contribution is -2.27. The second-order valence-electron chi connectivity index (χ2n) is 7.57. The van der Waals surface area contributed by atoms with Crippen molar-refractivity contribution in [2.24, 2.45) is 0 Å². The van der Waals surface area contributed by atoms with Crippen molar-refractivity contribution in [3.8, 4) is 0 Å². The Bertz CT molecular complexity index is 888. The van der Waals surface area contributed by atoms with E-state index in [2.05, 4.69) is 40.3 Å². The maximum Gasteiger partial charge on any atom is 0.0505 e. The van der Waals surface area contributed by atoms with E-state index >= 15 is 0 Å². The molecular formula is C23H26Cl2N2. The van der Waals surface area contributed by atoms with E-state index < -0.39 is 0 Å². The molecule has 2 nitrogen and oxygen atoms in total. The average molecular weight is 401 g/mol. The van der Waals surface area contributed by atoms with Crippen LogP contribution in [-0.2, 0) is 13.1 Å². The first kappa shape index (κ1) is 18.9. The predicted octanol–water partition coefficient (Wildman–Crippen LogP) is 6.81. The van der Waals surface area contributed by atoms with Gasteiger partial charge in [-0.1, -0.05) is 73.2 Å². The Kier molecular flexibility index (Phi) is 6.07. The predicted molar refractivity (Wildman–Crippen MR) is 116 cm³/mol. The minimum Gasteiger partial charge on any atom is -0.343 e. The third kappa shape index (κ3) is 4.34. The fraction of sp³-hybridized carbons (Fsp3) is 0.391. The lowest BCUT2D eigenvalue weighted by Gasteiger charge is -2.15. The Morgan fingerprint density at radius 1 is 0.889 bits per heavy atom. The number of fused-ring (bicyclic) bond motifs is 1. The van der Waals surface area contributed by atoms with Crippen LogP contribution in [0.15, 0.2) is 48.7 Å². The molecule has 1 aliphatic carbocycles. The number of nitrogens with zero attached hydrogens (tertiary/aromatic N) is 1. The molecule has 4 rings (SSSR count). The Hall–Kier alpha value is -1.48. The first-order chi connectivity index (χ1) is 13.2. The summed E-state index contributed by atoms with van der Waals surface area (Å²) in [6, 6.07) is 14.9. The molecule has 3 aromatic rings. The molecule has 0 atom stereocenters. The largest absolute Gasteiger partial charge is 0.343 e. The SMILES string of the molecule is Clc1cccc(Cl)c1Cn1cc(CNC2CCCCCC2)c2ccccc21. The maximum absolute atomic E-state index is 6.41. The van der Waals surface area contributed by atoms with Crippen molar-refractivity contribution < 1.29 is 0 Å². The van der Waals surface area contributed by atoms with E-state index in [0.29, 0.717) is 12.6 Å². The van der Waals surface area contributed by atoms with Crippen LogP contribution in [0.25, 0.3) is 10.9 Å². The highest BCUT2D eigenvalue weighted by molar-refractivity contribution is 6.36. The monoisotopic (exact) mass is 400 g/mol. The molecule has 1 fully saturated rings. The van der Waals surface area contributed by atoms with Gasteiger partial charge in [0.05, 0.1) is 6.54 Å². The van der Waals surface area contributed by atoms with Crippen LogP contribution in [0.4, 0.5) is 0 Å². The summed E-state index contributed by atoms with van der Waals surface area (Å²) in [4.78, 5) is 0. The molecular weight excluding hydrogens is 375 g/mol. The summed E-state index contributed by atoms with van der Waals surface area (Å²) in [5, 5.41) is 6.55. The van der Waals surface area contributed by atoms with Gasteiger partial charge in [-0.05, 0) is 36.6 Å². The normalized spacial score (nSPS) is 15.9. The van der Waals surface area contributed by atoms with E-state index in [1.54, 1.807) is 0 Å². The van der Waals surface area contributed by atoms with Crippen LogP contribution in [0.1, 0.15) is 49.7 Å². The van der Waals surface area contributed by atoms with Crippen LogP contribution in [0, 0.1) is 0 Å². The van der Waals surface area contributed by atoms with Crippen molar-refractivity contribution in [2.45, 2.75) is 57.7 Å². The molecule has 0 amide bonds. The molecule has 0 aliphatic heterocycles. The minimum atomic E-state index is 0.646. The summed E-state index contributed by atoms with van der Waals surface area (Å²) >= 11 is 12.8. The number of benzene rings is 2. The van der Waals surface area contributed by atoms with Crippen molar-refractivity contribution in [3.05, 3.63) is 69.8 Å². The first-order valence-corrected chi connectivity index (χ1v) is 10.7. The smallest absolute Gasteiger partial charge is 0.0505 e. The van der Waals surface area contributed by atoms with Crippen molar-refractivity contribution in [3.63, 3.8) is 0 Å². The van der Waals surface area contributed by atoms with Crippen molar-refractivity contribution >= 4 is 34.1 Å². The molecule has 2 aromatic carbocycles. The summed E-state index contributed by atoms with van der Waals surface area (Å²) in [6.45, 7) is 1.59. The second kappa shape index (κ2) is 8.68. The van der Waals surface area contributed by atoms with E-state index in [1.807, 2.05) is 18.2 Å². The Balaban J connectivity index is 1.59. The molecule has 0 spiro atoms. The number of hydrogen-bond donors (Lipinski definition) is 1. The number of rotatable bonds is 5. The van der Waals surface area contributed by atoms with Gasteiger partial charge in [0, 0.05) is 45.3 Å². The van der Waals surface area contributed by atoms with E-state index in [-0.39, 0.29) is 0 Å². The summed E-state index contributed by atoms with van der Waals surface area (Å²) < 4.78 is 2.27. The molecule has 0 unspecified atom stereocenters. The third-order valence-corrected chi connectivity index (χ3v) is 6.41. The molecule has 0 radical (unpaired) electrons. The molecule has 1 saturated carbocycles. The standard InChI is InChI=1S/C23H26Cl2N2/c24-21-11-7-12-22(25)20(21)16-27-15-17(19-10-5-6-13-23(19)27)14-26-18-8-3-1-2-4-9-18/h5-7,10-13,15,18,26H,1-4,8-9,14,16H2. The van der Waals surface area contributed by atoms with Gasteiger partial charge in [-0.15, -0.1) is 0 Å². The lowest BCUT2D eigenvalue weighted by molar-refractivity contribution is 0.459. The second-order valence-corrected chi connectivity index (χ2v) is 8.38. The lowest BCUT2D eigenvalue weighted by atomic mass is 10.1. The van der Waals surface area contributed by atoms with Gasteiger partial charge in [0.2, 0.25) is 0 Å². The van der Waals surface area contributed by atoms with Crippen molar-refractivity contribution in [1.29, 1.82) is 0 Å². The Labute approximate surface area is 171 Å². The molecule has 142 valence electrons. The van der Waals surface area contributed by atoms with Crippen LogP contribution in [-0.4, -0.2) is 10.6 Å². The number of hydrogen-bond acceptors (Lipinski definition) is 1. The van der Waals surface area contributed by atoms with Gasteiger partial charge in [0.25, 0.3) is 0 Å². The highest BCUT2D eigenvalue weighted by Crippen LogP contribution is 2.29. The van der Waals surface area contributed by atoms with E-state index in [1.165, 1.54) is 55.0 Å². The van der Waals surface area contributed by atoms with Crippen LogP contribution in [0.5, 0.6) is 0 Å². The fourth-order valence-corrected chi connectivity index (χ4v) is 4.70. The number of para-hydroxylation sites is 1. The Morgan fingerprint density at radius 2 is 1.59 bits per heavy atom. The van der Waals surface area contributed by atoms with Gasteiger partial charge < -0.3 is 9.88 Å². The van der Waals surface area contributed by atoms with Crippen molar-refractivity contribution in [1.82, 2.24) is 9.88 Å². The summed E-state index contributed by atoms with van der Waals surface area (Å²) in [7, 11) is 0.